The van der Waals surface area contributed by atoms with Gasteiger partial charge in [0, 0.05) is 41.1 Å². The molecule has 1 saturated carbocycles. The Morgan fingerprint density at radius 2 is 1.58 bits per heavy atom. The highest BCUT2D eigenvalue weighted by Crippen LogP contribution is 2.22. The molecule has 0 atom stereocenters. The fraction of sp³-hybridized carbons (Fsp3) is 0.320. The Kier molecular flexibility index (Phi) is 7.15. The van der Waals surface area contributed by atoms with Crippen LogP contribution in [0.1, 0.15) is 48.0 Å². The van der Waals surface area contributed by atoms with E-state index in [1.807, 2.05) is 60.9 Å². The maximum atomic E-state index is 12.4. The van der Waals surface area contributed by atoms with Gasteiger partial charge in [-0.1, -0.05) is 55.1 Å². The van der Waals surface area contributed by atoms with Crippen LogP contribution in [-0.2, 0) is 6.42 Å². The number of carbonyl (C=O) groups is 1. The largest absolute Gasteiger partial charge is 0.352 e. The lowest BCUT2D eigenvalue weighted by molar-refractivity contribution is 0.0954. The quantitative estimate of drug-likeness (QED) is 0.514. The van der Waals surface area contributed by atoms with Crippen molar-refractivity contribution < 1.29 is 4.79 Å². The smallest absolute Gasteiger partial charge is 0.251 e. The molecule has 0 unspecified atom stereocenters. The van der Waals surface area contributed by atoms with Gasteiger partial charge >= 0.3 is 0 Å². The number of hydrogen-bond acceptors (Lipinski definition) is 4. The van der Waals surface area contributed by atoms with Gasteiger partial charge in [0.1, 0.15) is 0 Å². The zero-order valence-electron chi connectivity index (χ0n) is 17.5. The summed E-state index contributed by atoms with van der Waals surface area (Å²) in [4.78, 5) is 21.3. The number of aromatic nitrogens is 2. The fourth-order valence-corrected chi connectivity index (χ4v) is 3.99. The number of halogens is 1. The second-order valence-electron chi connectivity index (χ2n) is 7.98. The third-order valence-electron chi connectivity index (χ3n) is 5.68. The zero-order chi connectivity index (χ0) is 21.5. The minimum absolute atomic E-state index is 0.0798. The number of hydrogen-bond donors (Lipinski definition) is 2. The molecule has 1 heterocycles. The topological polar surface area (TPSA) is 66.9 Å². The number of nitrogens with zero attached hydrogens (tertiary/aromatic N) is 2. The van der Waals surface area contributed by atoms with Gasteiger partial charge in [0.25, 0.3) is 5.91 Å². The van der Waals surface area contributed by atoms with Crippen LogP contribution in [0.3, 0.4) is 0 Å². The predicted molar refractivity (Wildman–Crippen MR) is 125 cm³/mol. The highest BCUT2D eigenvalue weighted by atomic mass is 35.5. The summed E-state index contributed by atoms with van der Waals surface area (Å²) in [7, 11) is 0. The van der Waals surface area contributed by atoms with Gasteiger partial charge in [0.05, 0.1) is 0 Å². The van der Waals surface area contributed by atoms with Crippen LogP contribution in [0.25, 0.3) is 11.1 Å². The van der Waals surface area contributed by atoms with Gasteiger partial charge in [-0.15, -0.1) is 0 Å². The third-order valence-corrected chi connectivity index (χ3v) is 5.94. The van der Waals surface area contributed by atoms with E-state index in [2.05, 4.69) is 20.6 Å². The van der Waals surface area contributed by atoms with Crippen molar-refractivity contribution in [3.8, 4) is 11.1 Å². The van der Waals surface area contributed by atoms with E-state index in [-0.39, 0.29) is 5.91 Å². The van der Waals surface area contributed by atoms with Crippen LogP contribution in [0, 0.1) is 0 Å². The van der Waals surface area contributed by atoms with Crippen LogP contribution >= 0.6 is 11.6 Å². The van der Waals surface area contributed by atoms with Gasteiger partial charge in [-0.05, 0) is 54.7 Å². The van der Waals surface area contributed by atoms with Crippen LogP contribution in [0.4, 0.5) is 5.95 Å². The van der Waals surface area contributed by atoms with Crippen LogP contribution in [0.5, 0.6) is 0 Å². The predicted octanol–water partition coefficient (Wildman–Crippen LogP) is 5.51. The molecule has 2 aromatic carbocycles. The summed E-state index contributed by atoms with van der Waals surface area (Å²) in [5.74, 6) is 0.608. The van der Waals surface area contributed by atoms with Gasteiger partial charge in [-0.2, -0.15) is 0 Å². The van der Waals surface area contributed by atoms with Gasteiger partial charge < -0.3 is 10.6 Å². The molecule has 0 spiro atoms. The van der Waals surface area contributed by atoms with Crippen LogP contribution in [0.15, 0.2) is 60.9 Å². The molecule has 6 heteroatoms. The van der Waals surface area contributed by atoms with Crippen molar-refractivity contribution in [1.82, 2.24) is 15.3 Å². The van der Waals surface area contributed by atoms with Gasteiger partial charge in [0.15, 0.2) is 0 Å². The lowest BCUT2D eigenvalue weighted by Crippen LogP contribution is -2.25. The maximum Gasteiger partial charge on any atom is 0.251 e. The molecule has 0 aliphatic heterocycles. The van der Waals surface area contributed by atoms with Crippen LogP contribution in [0.2, 0.25) is 5.02 Å². The van der Waals surface area contributed by atoms with Crippen molar-refractivity contribution in [3.05, 3.63) is 77.1 Å². The van der Waals surface area contributed by atoms with E-state index in [0.717, 1.165) is 23.1 Å². The summed E-state index contributed by atoms with van der Waals surface area (Å²) in [6.45, 7) is 0.575. The first-order chi connectivity index (χ1) is 15.2. The minimum atomic E-state index is -0.0798. The Bertz CT molecular complexity index is 982. The van der Waals surface area contributed by atoms with E-state index in [1.54, 1.807) is 0 Å². The van der Waals surface area contributed by atoms with Crippen molar-refractivity contribution in [3.63, 3.8) is 0 Å². The van der Waals surface area contributed by atoms with Gasteiger partial charge in [0.2, 0.25) is 5.95 Å². The lowest BCUT2D eigenvalue weighted by atomic mass is 9.96. The third kappa shape index (κ3) is 6.05. The molecule has 1 aromatic heterocycles. The molecule has 1 amide bonds. The summed E-state index contributed by atoms with van der Waals surface area (Å²) >= 11 is 5.90. The van der Waals surface area contributed by atoms with Crippen molar-refractivity contribution in [2.45, 2.75) is 44.6 Å². The van der Waals surface area contributed by atoms with Gasteiger partial charge in [-0.3, -0.25) is 4.79 Å². The SMILES string of the molecule is O=C(NCCc1ccc(Cl)cc1)c1ccc(-c2cnc(NC3CCCCC3)nc2)cc1. The standard InChI is InChI=1S/C25H27ClN4O/c26-22-12-6-18(7-13-22)14-15-27-24(31)20-10-8-19(9-11-20)21-16-28-25(29-17-21)30-23-4-2-1-3-5-23/h6-13,16-17,23H,1-5,14-15H2,(H,27,31)(H,28,29,30). The first kappa shape index (κ1) is 21.3. The Morgan fingerprint density at radius 3 is 2.26 bits per heavy atom. The van der Waals surface area contributed by atoms with Gasteiger partial charge in [-0.25, -0.2) is 9.97 Å². The average molecular weight is 435 g/mol. The fourth-order valence-electron chi connectivity index (χ4n) is 3.87. The highest BCUT2D eigenvalue weighted by molar-refractivity contribution is 6.30. The van der Waals surface area contributed by atoms with Crippen LogP contribution < -0.4 is 10.6 Å². The van der Waals surface area contributed by atoms with E-state index >= 15 is 0 Å². The molecule has 160 valence electrons. The molecule has 5 nitrogen and oxygen atoms in total. The summed E-state index contributed by atoms with van der Waals surface area (Å²) in [5.41, 5.74) is 3.70. The summed E-state index contributed by atoms with van der Waals surface area (Å²) in [5, 5.41) is 7.11. The summed E-state index contributed by atoms with van der Waals surface area (Å²) in [6, 6.07) is 15.7. The Morgan fingerprint density at radius 1 is 0.903 bits per heavy atom. The molecule has 1 aliphatic rings. The Hall–Kier alpha value is -2.92. The van der Waals surface area contributed by atoms with E-state index < -0.39 is 0 Å². The van der Waals surface area contributed by atoms with Crippen molar-refractivity contribution in [2.24, 2.45) is 0 Å². The normalized spacial score (nSPS) is 14.2. The van der Waals surface area contributed by atoms with Crippen LogP contribution in [-0.4, -0.2) is 28.5 Å². The molecule has 1 aliphatic carbocycles. The summed E-state index contributed by atoms with van der Waals surface area (Å²) < 4.78 is 0. The molecule has 1 fully saturated rings. The number of amides is 1. The first-order valence-electron chi connectivity index (χ1n) is 10.9. The molecular weight excluding hydrogens is 408 g/mol. The minimum Gasteiger partial charge on any atom is -0.352 e. The summed E-state index contributed by atoms with van der Waals surface area (Å²) in [6.07, 6.45) is 10.7. The molecule has 4 rings (SSSR count). The molecule has 3 aromatic rings. The average Bonchev–Trinajstić information content (AvgIpc) is 2.82. The second kappa shape index (κ2) is 10.4. The molecule has 0 saturated heterocycles. The van der Waals surface area contributed by atoms with Crippen molar-refractivity contribution in [1.29, 1.82) is 0 Å². The lowest BCUT2D eigenvalue weighted by Gasteiger charge is -2.22. The van der Waals surface area contributed by atoms with Crippen molar-refractivity contribution >= 4 is 23.5 Å². The first-order valence-corrected chi connectivity index (χ1v) is 11.3. The number of benzene rings is 2. The van der Waals surface area contributed by atoms with E-state index in [1.165, 1.54) is 32.1 Å². The van der Waals surface area contributed by atoms with Crippen molar-refractivity contribution in [2.75, 3.05) is 11.9 Å². The second-order valence-corrected chi connectivity index (χ2v) is 8.42. The number of carbonyl (C=O) groups excluding carboxylic acids is 1. The monoisotopic (exact) mass is 434 g/mol. The van der Waals surface area contributed by atoms with E-state index in [0.29, 0.717) is 29.1 Å². The zero-order valence-corrected chi connectivity index (χ0v) is 18.2. The molecule has 0 radical (unpaired) electrons. The highest BCUT2D eigenvalue weighted by Gasteiger charge is 2.14. The number of rotatable bonds is 7. The number of nitrogens with one attached hydrogen (secondary N) is 2. The van der Waals surface area contributed by atoms with E-state index in [4.69, 9.17) is 11.6 Å². The Labute approximate surface area is 188 Å². The maximum absolute atomic E-state index is 12.4. The molecule has 31 heavy (non-hydrogen) atoms. The van der Waals surface area contributed by atoms with E-state index in [9.17, 15) is 4.79 Å². The molecular formula is C25H27ClN4O. The Balaban J connectivity index is 1.29. The number of anilines is 1. The molecule has 0 bridgehead atoms. The molecule has 2 N–H and O–H groups in total.